The number of nitrogens with one attached hydrogen (secondary N) is 1. The van der Waals surface area contributed by atoms with Crippen LogP contribution in [0.15, 0.2) is 27.1 Å². The van der Waals surface area contributed by atoms with E-state index in [2.05, 4.69) is 44.1 Å². The molecule has 2 unspecified atom stereocenters. The molecule has 1 N–H and O–H groups in total. The number of hydrogen-bond donors (Lipinski definition) is 1. The van der Waals surface area contributed by atoms with E-state index in [1.54, 1.807) is 0 Å². The van der Waals surface area contributed by atoms with Crippen molar-refractivity contribution in [1.29, 1.82) is 0 Å². The molecule has 2 atom stereocenters. The maximum Gasteiger partial charge on any atom is 0.252 e. The predicted octanol–water partition coefficient (Wildman–Crippen LogP) is 4.77. The molecule has 0 aliphatic heterocycles. The molecule has 1 aliphatic rings. The average Bonchev–Trinajstić information content (AvgIpc) is 2.40. The lowest BCUT2D eigenvalue weighted by Crippen LogP contribution is -2.33. The van der Waals surface area contributed by atoms with E-state index >= 15 is 0 Å². The SMILES string of the molecule is CC1CCCCC1CNC(=O)c1cc(Br)ccc1Br. The van der Waals surface area contributed by atoms with Crippen LogP contribution in [-0.2, 0) is 0 Å². The summed E-state index contributed by atoms with van der Waals surface area (Å²) in [6.07, 6.45) is 5.16. The third kappa shape index (κ3) is 4.06. The van der Waals surface area contributed by atoms with Gasteiger partial charge in [0, 0.05) is 15.5 Å². The monoisotopic (exact) mass is 387 g/mol. The zero-order chi connectivity index (χ0) is 13.8. The van der Waals surface area contributed by atoms with Gasteiger partial charge in [-0.05, 0) is 52.4 Å². The Kier molecular flexibility index (Phi) is 5.46. The lowest BCUT2D eigenvalue weighted by atomic mass is 9.80. The molecule has 4 heteroatoms. The minimum Gasteiger partial charge on any atom is -0.352 e. The third-order valence-electron chi connectivity index (χ3n) is 3.99. The van der Waals surface area contributed by atoms with Crippen LogP contribution in [0.1, 0.15) is 43.0 Å². The molecule has 104 valence electrons. The molecule has 1 aromatic carbocycles. The van der Waals surface area contributed by atoms with E-state index in [0.717, 1.165) is 21.4 Å². The van der Waals surface area contributed by atoms with Gasteiger partial charge in [-0.15, -0.1) is 0 Å². The van der Waals surface area contributed by atoms with Crippen molar-refractivity contribution in [3.63, 3.8) is 0 Å². The third-order valence-corrected chi connectivity index (χ3v) is 5.17. The molecule has 1 aliphatic carbocycles. The van der Waals surface area contributed by atoms with Crippen molar-refractivity contribution in [2.75, 3.05) is 6.54 Å². The number of rotatable bonds is 3. The van der Waals surface area contributed by atoms with Crippen LogP contribution >= 0.6 is 31.9 Å². The molecule has 1 saturated carbocycles. The molecule has 0 heterocycles. The van der Waals surface area contributed by atoms with Gasteiger partial charge in [-0.25, -0.2) is 0 Å². The lowest BCUT2D eigenvalue weighted by Gasteiger charge is -2.28. The Balaban J connectivity index is 1.95. The van der Waals surface area contributed by atoms with Crippen LogP contribution < -0.4 is 5.32 Å². The van der Waals surface area contributed by atoms with Gasteiger partial charge in [0.05, 0.1) is 5.56 Å². The average molecular weight is 389 g/mol. The number of carbonyl (C=O) groups is 1. The molecule has 0 aromatic heterocycles. The van der Waals surface area contributed by atoms with Crippen molar-refractivity contribution in [1.82, 2.24) is 5.32 Å². The van der Waals surface area contributed by atoms with Gasteiger partial charge in [0.2, 0.25) is 0 Å². The van der Waals surface area contributed by atoms with Crippen molar-refractivity contribution in [2.24, 2.45) is 11.8 Å². The van der Waals surface area contributed by atoms with Crippen LogP contribution in [-0.4, -0.2) is 12.5 Å². The Morgan fingerprint density at radius 2 is 2.05 bits per heavy atom. The topological polar surface area (TPSA) is 29.1 Å². The highest BCUT2D eigenvalue weighted by Crippen LogP contribution is 2.29. The summed E-state index contributed by atoms with van der Waals surface area (Å²) >= 11 is 6.83. The second kappa shape index (κ2) is 6.89. The number of halogens is 2. The summed E-state index contributed by atoms with van der Waals surface area (Å²) in [4.78, 5) is 12.2. The summed E-state index contributed by atoms with van der Waals surface area (Å²) in [5.41, 5.74) is 0.692. The van der Waals surface area contributed by atoms with E-state index in [1.165, 1.54) is 25.7 Å². The number of hydrogen-bond acceptors (Lipinski definition) is 1. The Morgan fingerprint density at radius 3 is 2.79 bits per heavy atom. The molecule has 1 fully saturated rings. The van der Waals surface area contributed by atoms with Gasteiger partial charge in [-0.2, -0.15) is 0 Å². The van der Waals surface area contributed by atoms with Crippen LogP contribution in [0.5, 0.6) is 0 Å². The number of carbonyl (C=O) groups excluding carboxylic acids is 1. The van der Waals surface area contributed by atoms with E-state index in [9.17, 15) is 4.79 Å². The molecule has 0 radical (unpaired) electrons. The Hall–Kier alpha value is -0.350. The first-order valence-corrected chi connectivity index (χ1v) is 8.40. The molecule has 1 amide bonds. The normalized spacial score (nSPS) is 23.1. The smallest absolute Gasteiger partial charge is 0.252 e. The maximum atomic E-state index is 12.2. The molecule has 2 nitrogen and oxygen atoms in total. The van der Waals surface area contributed by atoms with Crippen LogP contribution in [0, 0.1) is 11.8 Å². The predicted molar refractivity (Wildman–Crippen MR) is 85.3 cm³/mol. The van der Waals surface area contributed by atoms with Crippen LogP contribution in [0.2, 0.25) is 0 Å². The van der Waals surface area contributed by atoms with Crippen LogP contribution in [0.4, 0.5) is 0 Å². The molecule has 19 heavy (non-hydrogen) atoms. The summed E-state index contributed by atoms with van der Waals surface area (Å²) < 4.78 is 1.76. The zero-order valence-electron chi connectivity index (χ0n) is 11.1. The number of benzene rings is 1. The highest BCUT2D eigenvalue weighted by Gasteiger charge is 2.22. The molecular formula is C15H19Br2NO. The van der Waals surface area contributed by atoms with Gasteiger partial charge in [0.1, 0.15) is 0 Å². The second-order valence-corrected chi connectivity index (χ2v) is 7.13. The van der Waals surface area contributed by atoms with Gasteiger partial charge in [-0.3, -0.25) is 4.79 Å². The highest BCUT2D eigenvalue weighted by atomic mass is 79.9. The fourth-order valence-corrected chi connectivity index (χ4v) is 3.47. The molecule has 1 aromatic rings. The highest BCUT2D eigenvalue weighted by molar-refractivity contribution is 9.11. The summed E-state index contributed by atoms with van der Waals surface area (Å²) in [5, 5.41) is 3.08. The Labute approximate surface area is 131 Å². The summed E-state index contributed by atoms with van der Waals surface area (Å²) in [7, 11) is 0. The van der Waals surface area contributed by atoms with E-state index in [4.69, 9.17) is 0 Å². The van der Waals surface area contributed by atoms with Crippen molar-refractivity contribution < 1.29 is 4.79 Å². The minimum absolute atomic E-state index is 0.00551. The Morgan fingerprint density at radius 1 is 1.32 bits per heavy atom. The van der Waals surface area contributed by atoms with E-state index in [-0.39, 0.29) is 5.91 Å². The first kappa shape index (κ1) is 15.0. The van der Waals surface area contributed by atoms with Crippen molar-refractivity contribution in [3.05, 3.63) is 32.7 Å². The zero-order valence-corrected chi connectivity index (χ0v) is 14.3. The second-order valence-electron chi connectivity index (χ2n) is 5.36. The van der Waals surface area contributed by atoms with Crippen LogP contribution in [0.3, 0.4) is 0 Å². The van der Waals surface area contributed by atoms with E-state index in [1.807, 2.05) is 18.2 Å². The van der Waals surface area contributed by atoms with Gasteiger partial charge >= 0.3 is 0 Å². The van der Waals surface area contributed by atoms with Gasteiger partial charge in [-0.1, -0.05) is 42.1 Å². The first-order valence-electron chi connectivity index (χ1n) is 6.81. The standard InChI is InChI=1S/C15H19Br2NO/c1-10-4-2-3-5-11(10)9-18-15(19)13-8-12(16)6-7-14(13)17/h6-8,10-11H,2-5,9H2,1H3,(H,18,19). The van der Waals surface area contributed by atoms with Crippen molar-refractivity contribution in [3.8, 4) is 0 Å². The molecule has 2 rings (SSSR count). The van der Waals surface area contributed by atoms with Crippen LogP contribution in [0.25, 0.3) is 0 Å². The van der Waals surface area contributed by atoms with Crippen molar-refractivity contribution >= 4 is 37.8 Å². The van der Waals surface area contributed by atoms with Gasteiger partial charge in [0.25, 0.3) is 5.91 Å². The summed E-state index contributed by atoms with van der Waals surface area (Å²) in [6, 6.07) is 5.66. The Bertz CT molecular complexity index is 461. The first-order chi connectivity index (χ1) is 9.08. The largest absolute Gasteiger partial charge is 0.352 e. The summed E-state index contributed by atoms with van der Waals surface area (Å²) in [6.45, 7) is 3.09. The molecule has 0 saturated heterocycles. The van der Waals surface area contributed by atoms with E-state index < -0.39 is 0 Å². The minimum atomic E-state index is 0.00551. The van der Waals surface area contributed by atoms with Gasteiger partial charge in [0.15, 0.2) is 0 Å². The van der Waals surface area contributed by atoms with Crippen molar-refractivity contribution in [2.45, 2.75) is 32.6 Å². The summed E-state index contributed by atoms with van der Waals surface area (Å²) in [5.74, 6) is 1.36. The maximum absolute atomic E-state index is 12.2. The fraction of sp³-hybridized carbons (Fsp3) is 0.533. The molecule has 0 spiro atoms. The molecular weight excluding hydrogens is 370 g/mol. The fourth-order valence-electron chi connectivity index (χ4n) is 2.69. The molecule has 0 bridgehead atoms. The van der Waals surface area contributed by atoms with E-state index in [0.29, 0.717) is 11.5 Å². The van der Waals surface area contributed by atoms with Gasteiger partial charge < -0.3 is 5.32 Å². The number of amides is 1. The quantitative estimate of drug-likeness (QED) is 0.793. The lowest BCUT2D eigenvalue weighted by molar-refractivity contribution is 0.0935.